The van der Waals surface area contributed by atoms with Crippen molar-refractivity contribution in [3.63, 3.8) is 0 Å². The van der Waals surface area contributed by atoms with E-state index in [2.05, 4.69) is 5.32 Å². The number of nitrogens with zero attached hydrogens (tertiary/aromatic N) is 2. The summed E-state index contributed by atoms with van der Waals surface area (Å²) < 4.78 is 18.4. The molecule has 0 radical (unpaired) electrons. The van der Waals surface area contributed by atoms with E-state index in [4.69, 9.17) is 16.3 Å². The SMILES string of the molecule is CCOC(=O)c1cccc(NC(=O)C[C@@H]2C(=O)N(c3ccc(Cl)cc3)C(=O)N2Cc2ccc(F)cc2)c1. The van der Waals surface area contributed by atoms with Gasteiger partial charge in [0.1, 0.15) is 11.9 Å². The molecule has 0 unspecified atom stereocenters. The fourth-order valence-electron chi connectivity index (χ4n) is 3.95. The van der Waals surface area contributed by atoms with Crippen molar-refractivity contribution in [1.82, 2.24) is 4.90 Å². The molecule has 0 bridgehead atoms. The number of ether oxygens (including phenoxy) is 1. The number of imide groups is 1. The van der Waals surface area contributed by atoms with Crippen LogP contribution in [-0.2, 0) is 20.9 Å². The lowest BCUT2D eigenvalue weighted by atomic mass is 10.1. The summed E-state index contributed by atoms with van der Waals surface area (Å²) in [6, 6.07) is 16.2. The van der Waals surface area contributed by atoms with Crippen molar-refractivity contribution in [2.75, 3.05) is 16.8 Å². The number of halogens is 2. The lowest BCUT2D eigenvalue weighted by Crippen LogP contribution is -2.37. The van der Waals surface area contributed by atoms with Crippen molar-refractivity contribution in [2.45, 2.75) is 25.9 Å². The van der Waals surface area contributed by atoms with Gasteiger partial charge < -0.3 is 15.0 Å². The fourth-order valence-corrected chi connectivity index (χ4v) is 4.08. The van der Waals surface area contributed by atoms with Gasteiger partial charge in [-0.1, -0.05) is 29.8 Å². The molecular weight excluding hydrogens is 501 g/mol. The minimum absolute atomic E-state index is 0.00870. The van der Waals surface area contributed by atoms with Crippen LogP contribution in [0.4, 0.5) is 20.6 Å². The summed E-state index contributed by atoms with van der Waals surface area (Å²) in [6.07, 6.45) is -0.334. The van der Waals surface area contributed by atoms with Crippen molar-refractivity contribution in [2.24, 2.45) is 0 Å². The molecule has 4 amide bonds. The zero-order valence-corrected chi connectivity index (χ0v) is 20.6. The van der Waals surface area contributed by atoms with Gasteiger partial charge in [-0.15, -0.1) is 0 Å². The molecule has 0 saturated carbocycles. The van der Waals surface area contributed by atoms with Crippen molar-refractivity contribution < 1.29 is 28.3 Å². The van der Waals surface area contributed by atoms with Gasteiger partial charge in [-0.25, -0.2) is 18.9 Å². The molecule has 1 fully saturated rings. The zero-order chi connectivity index (χ0) is 26.5. The number of rotatable bonds is 8. The predicted molar refractivity (Wildman–Crippen MR) is 136 cm³/mol. The molecule has 4 rings (SSSR count). The van der Waals surface area contributed by atoms with Crippen LogP contribution in [0.3, 0.4) is 0 Å². The van der Waals surface area contributed by atoms with Gasteiger partial charge >= 0.3 is 12.0 Å². The van der Waals surface area contributed by atoms with Gasteiger partial charge in [0.05, 0.1) is 24.3 Å². The standard InChI is InChI=1S/C27H23ClFN3O5/c1-2-37-26(35)18-4-3-5-21(14-18)30-24(33)15-23-25(34)32(22-12-8-19(28)9-13-22)27(36)31(23)16-17-6-10-20(29)11-7-17/h3-14,23H,2,15-16H2,1H3,(H,30,33)/t23-/m1/s1. The Morgan fingerprint density at radius 3 is 2.41 bits per heavy atom. The van der Waals surface area contributed by atoms with Crippen LogP contribution in [0.2, 0.25) is 5.02 Å². The van der Waals surface area contributed by atoms with Gasteiger partial charge in [-0.2, -0.15) is 0 Å². The monoisotopic (exact) mass is 523 g/mol. The Bertz CT molecular complexity index is 1330. The molecule has 1 heterocycles. The topological polar surface area (TPSA) is 96.0 Å². The van der Waals surface area contributed by atoms with Gasteiger partial charge in [-0.05, 0) is 67.1 Å². The van der Waals surface area contributed by atoms with E-state index >= 15 is 0 Å². The number of urea groups is 1. The van der Waals surface area contributed by atoms with Crippen LogP contribution < -0.4 is 10.2 Å². The average Bonchev–Trinajstić information content (AvgIpc) is 3.10. The van der Waals surface area contributed by atoms with Crippen molar-refractivity contribution in [1.29, 1.82) is 0 Å². The lowest BCUT2D eigenvalue weighted by Gasteiger charge is -2.21. The highest BCUT2D eigenvalue weighted by Crippen LogP contribution is 2.29. The number of carbonyl (C=O) groups is 4. The van der Waals surface area contributed by atoms with Crippen LogP contribution in [0.5, 0.6) is 0 Å². The smallest absolute Gasteiger partial charge is 0.338 e. The Morgan fingerprint density at radius 2 is 1.73 bits per heavy atom. The fraction of sp³-hybridized carbons (Fsp3) is 0.185. The summed E-state index contributed by atoms with van der Waals surface area (Å²) in [5.41, 5.74) is 1.51. The molecule has 1 atom stereocenters. The second-order valence-electron chi connectivity index (χ2n) is 8.26. The van der Waals surface area contributed by atoms with E-state index in [0.29, 0.717) is 22.0 Å². The van der Waals surface area contributed by atoms with E-state index in [-0.39, 0.29) is 25.1 Å². The van der Waals surface area contributed by atoms with Crippen molar-refractivity contribution in [3.8, 4) is 0 Å². The molecule has 8 nitrogen and oxygen atoms in total. The normalized spacial score (nSPS) is 15.2. The van der Waals surface area contributed by atoms with E-state index < -0.39 is 35.7 Å². The zero-order valence-electron chi connectivity index (χ0n) is 19.8. The number of nitrogens with one attached hydrogen (secondary N) is 1. The predicted octanol–water partition coefficient (Wildman–Crippen LogP) is 5.02. The Hall–Kier alpha value is -4.24. The van der Waals surface area contributed by atoms with Crippen molar-refractivity contribution >= 4 is 46.8 Å². The third-order valence-electron chi connectivity index (χ3n) is 5.71. The molecule has 0 aliphatic carbocycles. The van der Waals surface area contributed by atoms with Crippen LogP contribution in [0.1, 0.15) is 29.3 Å². The van der Waals surface area contributed by atoms with Crippen molar-refractivity contribution in [3.05, 3.63) is 94.8 Å². The average molecular weight is 524 g/mol. The summed E-state index contributed by atoms with van der Waals surface area (Å²) in [6.45, 7) is 1.89. The van der Waals surface area contributed by atoms with E-state index in [1.807, 2.05) is 0 Å². The molecule has 1 aliphatic rings. The molecule has 0 aromatic heterocycles. The van der Waals surface area contributed by atoms with E-state index in [9.17, 15) is 23.6 Å². The van der Waals surface area contributed by atoms with Crippen LogP contribution >= 0.6 is 11.6 Å². The minimum atomic E-state index is -1.11. The molecule has 3 aromatic rings. The van der Waals surface area contributed by atoms with Crippen LogP contribution in [0, 0.1) is 5.82 Å². The largest absolute Gasteiger partial charge is 0.462 e. The van der Waals surface area contributed by atoms with E-state index in [0.717, 1.165) is 4.90 Å². The molecule has 190 valence electrons. The van der Waals surface area contributed by atoms with Gasteiger partial charge in [0.2, 0.25) is 5.91 Å². The summed E-state index contributed by atoms with van der Waals surface area (Å²) >= 11 is 5.95. The Labute approximate surface area is 217 Å². The van der Waals surface area contributed by atoms with Gasteiger partial charge in [0.15, 0.2) is 0 Å². The molecule has 0 spiro atoms. The van der Waals surface area contributed by atoms with Crippen LogP contribution in [-0.4, -0.2) is 41.4 Å². The number of hydrogen-bond acceptors (Lipinski definition) is 5. The Morgan fingerprint density at radius 1 is 1.03 bits per heavy atom. The molecule has 37 heavy (non-hydrogen) atoms. The number of carbonyl (C=O) groups excluding carboxylic acids is 4. The van der Waals surface area contributed by atoms with Gasteiger partial charge in [0, 0.05) is 17.3 Å². The van der Waals surface area contributed by atoms with E-state index in [1.165, 1.54) is 47.4 Å². The first-order valence-corrected chi connectivity index (χ1v) is 11.9. The molecule has 1 saturated heterocycles. The minimum Gasteiger partial charge on any atom is -0.462 e. The first-order chi connectivity index (χ1) is 17.8. The maximum Gasteiger partial charge on any atom is 0.338 e. The molecule has 10 heteroatoms. The number of benzene rings is 3. The number of esters is 1. The summed E-state index contributed by atoms with van der Waals surface area (Å²) in [7, 11) is 0. The molecular formula is C27H23ClFN3O5. The molecule has 3 aromatic carbocycles. The third-order valence-corrected chi connectivity index (χ3v) is 5.96. The molecule has 1 N–H and O–H groups in total. The summed E-state index contributed by atoms with van der Waals surface area (Å²) in [5, 5.41) is 3.11. The first-order valence-electron chi connectivity index (χ1n) is 11.5. The van der Waals surface area contributed by atoms with E-state index in [1.54, 1.807) is 37.3 Å². The summed E-state index contributed by atoms with van der Waals surface area (Å²) in [4.78, 5) is 54.0. The Balaban J connectivity index is 1.57. The second kappa shape index (κ2) is 11.2. The first kappa shape index (κ1) is 25.8. The summed E-state index contributed by atoms with van der Waals surface area (Å²) in [5.74, 6) is -2.07. The Kier molecular flexibility index (Phi) is 7.83. The van der Waals surface area contributed by atoms with Crippen LogP contribution in [0.15, 0.2) is 72.8 Å². The maximum absolute atomic E-state index is 13.4. The highest BCUT2D eigenvalue weighted by molar-refractivity contribution is 6.30. The second-order valence-corrected chi connectivity index (χ2v) is 8.69. The third kappa shape index (κ3) is 5.95. The molecule has 1 aliphatic heterocycles. The number of amides is 4. The highest BCUT2D eigenvalue weighted by atomic mass is 35.5. The van der Waals surface area contributed by atoms with Gasteiger partial charge in [-0.3, -0.25) is 9.59 Å². The maximum atomic E-state index is 13.4. The number of anilines is 2. The highest BCUT2D eigenvalue weighted by Gasteiger charge is 2.46. The van der Waals surface area contributed by atoms with Gasteiger partial charge in [0.25, 0.3) is 5.91 Å². The number of hydrogen-bond donors (Lipinski definition) is 1. The lowest BCUT2D eigenvalue weighted by molar-refractivity contribution is -0.124. The quantitative estimate of drug-likeness (QED) is 0.330. The van der Waals surface area contributed by atoms with Crippen LogP contribution in [0.25, 0.3) is 0 Å².